The summed E-state index contributed by atoms with van der Waals surface area (Å²) in [5.41, 5.74) is 1.49. The molecule has 1 saturated heterocycles. The van der Waals surface area contributed by atoms with Crippen molar-refractivity contribution in [1.82, 2.24) is 20.4 Å². The van der Waals surface area contributed by atoms with Crippen LogP contribution in [0.4, 0.5) is 10.5 Å². The van der Waals surface area contributed by atoms with Crippen LogP contribution in [0.5, 0.6) is 0 Å². The average Bonchev–Trinajstić information content (AvgIpc) is 3.22. The highest BCUT2D eigenvalue weighted by molar-refractivity contribution is 5.89. The monoisotopic (exact) mass is 359 g/mol. The lowest BCUT2D eigenvalue weighted by Crippen LogP contribution is -2.45. The van der Waals surface area contributed by atoms with Gasteiger partial charge >= 0.3 is 6.03 Å². The van der Waals surface area contributed by atoms with Gasteiger partial charge < -0.3 is 19.9 Å². The highest BCUT2D eigenvalue weighted by Crippen LogP contribution is 2.20. The van der Waals surface area contributed by atoms with Gasteiger partial charge in [0, 0.05) is 37.5 Å². The summed E-state index contributed by atoms with van der Waals surface area (Å²) in [5, 5.41) is 9.63. The van der Waals surface area contributed by atoms with E-state index in [9.17, 15) is 4.79 Å². The first kappa shape index (κ1) is 18.3. The summed E-state index contributed by atoms with van der Waals surface area (Å²) >= 11 is 0. The molecular formula is C18H25N5O3. The van der Waals surface area contributed by atoms with Crippen LogP contribution in [0.2, 0.25) is 0 Å². The highest BCUT2D eigenvalue weighted by Gasteiger charge is 2.34. The van der Waals surface area contributed by atoms with E-state index >= 15 is 0 Å². The number of rotatable bonds is 5. The summed E-state index contributed by atoms with van der Waals surface area (Å²) in [6.07, 6.45) is -0.00806. The predicted octanol–water partition coefficient (Wildman–Crippen LogP) is 2.27. The number of hydrogen-bond acceptors (Lipinski definition) is 6. The SMILES string of the molecule is COC1CN(C(C)C)CC1NC(=O)Nc1ccc(-c2nc(C)no2)cc1. The van der Waals surface area contributed by atoms with E-state index in [4.69, 9.17) is 9.26 Å². The van der Waals surface area contributed by atoms with Gasteiger partial charge in [0.25, 0.3) is 5.89 Å². The largest absolute Gasteiger partial charge is 0.378 e. The first-order chi connectivity index (χ1) is 12.5. The lowest BCUT2D eigenvalue weighted by molar-refractivity contribution is 0.0896. The molecule has 2 atom stereocenters. The van der Waals surface area contributed by atoms with Gasteiger partial charge in [0.05, 0.1) is 12.1 Å². The van der Waals surface area contributed by atoms with Crippen molar-refractivity contribution in [2.24, 2.45) is 0 Å². The van der Waals surface area contributed by atoms with Gasteiger partial charge in [-0.05, 0) is 45.0 Å². The summed E-state index contributed by atoms with van der Waals surface area (Å²) < 4.78 is 10.6. The second-order valence-electron chi connectivity index (χ2n) is 6.75. The zero-order valence-electron chi connectivity index (χ0n) is 15.5. The Bertz CT molecular complexity index is 744. The Morgan fingerprint density at radius 1 is 1.31 bits per heavy atom. The zero-order valence-corrected chi connectivity index (χ0v) is 15.5. The molecule has 0 spiro atoms. The van der Waals surface area contributed by atoms with Gasteiger partial charge in [0.2, 0.25) is 0 Å². The first-order valence-corrected chi connectivity index (χ1v) is 8.71. The molecule has 0 radical (unpaired) electrons. The fourth-order valence-electron chi connectivity index (χ4n) is 3.05. The highest BCUT2D eigenvalue weighted by atomic mass is 16.5. The van der Waals surface area contributed by atoms with Crippen molar-refractivity contribution < 1.29 is 14.1 Å². The Labute approximate surface area is 152 Å². The number of methoxy groups -OCH3 is 1. The fourth-order valence-corrected chi connectivity index (χ4v) is 3.05. The summed E-state index contributed by atoms with van der Waals surface area (Å²) in [7, 11) is 1.68. The van der Waals surface area contributed by atoms with E-state index in [1.54, 1.807) is 26.2 Å². The predicted molar refractivity (Wildman–Crippen MR) is 97.9 cm³/mol. The van der Waals surface area contributed by atoms with E-state index in [1.807, 2.05) is 12.1 Å². The van der Waals surface area contributed by atoms with E-state index in [-0.39, 0.29) is 18.2 Å². The molecule has 1 aliphatic rings. The Morgan fingerprint density at radius 3 is 2.62 bits per heavy atom. The van der Waals surface area contributed by atoms with E-state index in [0.29, 0.717) is 23.4 Å². The van der Waals surface area contributed by atoms with Gasteiger partial charge in [-0.3, -0.25) is 4.90 Å². The van der Waals surface area contributed by atoms with Crippen LogP contribution in [0.25, 0.3) is 11.5 Å². The summed E-state index contributed by atoms with van der Waals surface area (Å²) in [6.45, 7) is 7.64. The molecule has 0 aliphatic carbocycles. The molecule has 1 aromatic carbocycles. The zero-order chi connectivity index (χ0) is 18.7. The van der Waals surface area contributed by atoms with Gasteiger partial charge in [-0.2, -0.15) is 4.98 Å². The van der Waals surface area contributed by atoms with Gasteiger partial charge in [-0.1, -0.05) is 5.16 Å². The van der Waals surface area contributed by atoms with Gasteiger partial charge in [0.15, 0.2) is 5.82 Å². The van der Waals surface area contributed by atoms with Crippen LogP contribution in [0, 0.1) is 6.92 Å². The molecule has 26 heavy (non-hydrogen) atoms. The third kappa shape index (κ3) is 4.20. The lowest BCUT2D eigenvalue weighted by atomic mass is 10.2. The molecule has 2 aromatic rings. The Balaban J connectivity index is 1.58. The van der Waals surface area contributed by atoms with E-state index in [1.165, 1.54) is 0 Å². The molecule has 140 valence electrons. The average molecular weight is 359 g/mol. The molecule has 3 rings (SSSR count). The minimum Gasteiger partial charge on any atom is -0.378 e. The van der Waals surface area contributed by atoms with Crippen molar-refractivity contribution >= 4 is 11.7 Å². The van der Waals surface area contributed by atoms with Crippen LogP contribution in [-0.2, 0) is 4.74 Å². The number of nitrogens with one attached hydrogen (secondary N) is 2. The Kier molecular flexibility index (Phi) is 5.53. The second-order valence-corrected chi connectivity index (χ2v) is 6.75. The van der Waals surface area contributed by atoms with E-state index in [0.717, 1.165) is 18.7 Å². The van der Waals surface area contributed by atoms with Crippen molar-refractivity contribution in [3.63, 3.8) is 0 Å². The number of hydrogen-bond donors (Lipinski definition) is 2. The van der Waals surface area contributed by atoms with Crippen LogP contribution in [0.15, 0.2) is 28.8 Å². The third-order valence-corrected chi connectivity index (χ3v) is 4.56. The number of aryl methyl sites for hydroxylation is 1. The number of likely N-dealkylation sites (tertiary alicyclic amines) is 1. The normalized spacial score (nSPS) is 20.5. The number of nitrogens with zero attached hydrogens (tertiary/aromatic N) is 3. The molecule has 1 aliphatic heterocycles. The Morgan fingerprint density at radius 2 is 2.04 bits per heavy atom. The van der Waals surface area contributed by atoms with Gasteiger partial charge in [0.1, 0.15) is 0 Å². The maximum atomic E-state index is 12.3. The molecule has 2 heterocycles. The number of ether oxygens (including phenoxy) is 1. The van der Waals surface area contributed by atoms with Crippen LogP contribution in [-0.4, -0.2) is 59.5 Å². The number of carbonyl (C=O) groups is 1. The molecule has 8 nitrogen and oxygen atoms in total. The number of urea groups is 1. The van der Waals surface area contributed by atoms with Crippen LogP contribution in [0.1, 0.15) is 19.7 Å². The van der Waals surface area contributed by atoms with Crippen LogP contribution in [0.3, 0.4) is 0 Å². The third-order valence-electron chi connectivity index (χ3n) is 4.56. The molecule has 1 aromatic heterocycles. The quantitative estimate of drug-likeness (QED) is 0.851. The van der Waals surface area contributed by atoms with Gasteiger partial charge in [-0.15, -0.1) is 0 Å². The van der Waals surface area contributed by atoms with E-state index < -0.39 is 0 Å². The molecule has 0 saturated carbocycles. The number of benzene rings is 1. The minimum atomic E-state index is -0.246. The number of anilines is 1. The summed E-state index contributed by atoms with van der Waals surface area (Å²) in [6, 6.07) is 7.40. The minimum absolute atomic E-state index is 0.00806. The summed E-state index contributed by atoms with van der Waals surface area (Å²) in [5.74, 6) is 1.04. The maximum Gasteiger partial charge on any atom is 0.319 e. The molecule has 1 fully saturated rings. The number of amides is 2. The number of aromatic nitrogens is 2. The van der Waals surface area contributed by atoms with Crippen molar-refractivity contribution in [3.8, 4) is 11.5 Å². The first-order valence-electron chi connectivity index (χ1n) is 8.71. The van der Waals surface area contributed by atoms with Crippen molar-refractivity contribution in [2.75, 3.05) is 25.5 Å². The number of carbonyl (C=O) groups excluding carboxylic acids is 1. The smallest absolute Gasteiger partial charge is 0.319 e. The van der Waals surface area contributed by atoms with Gasteiger partial charge in [-0.25, -0.2) is 4.79 Å². The standard InChI is InChI=1S/C18H25N5O3/c1-11(2)23-9-15(16(10-23)25-4)21-18(24)20-14-7-5-13(6-8-14)17-19-12(3)22-26-17/h5-8,11,15-16H,9-10H2,1-4H3,(H2,20,21,24). The van der Waals surface area contributed by atoms with Crippen LogP contribution >= 0.6 is 0 Å². The maximum absolute atomic E-state index is 12.3. The Hall–Kier alpha value is -2.45. The lowest BCUT2D eigenvalue weighted by Gasteiger charge is -2.20. The van der Waals surface area contributed by atoms with Crippen LogP contribution < -0.4 is 10.6 Å². The molecule has 2 unspecified atom stereocenters. The topological polar surface area (TPSA) is 92.5 Å². The molecule has 2 N–H and O–H groups in total. The second kappa shape index (κ2) is 7.84. The van der Waals surface area contributed by atoms with E-state index in [2.05, 4.69) is 39.5 Å². The fraction of sp³-hybridized carbons (Fsp3) is 0.500. The summed E-state index contributed by atoms with van der Waals surface area (Å²) in [4.78, 5) is 18.8. The molecular weight excluding hydrogens is 334 g/mol. The van der Waals surface area contributed by atoms with Crippen molar-refractivity contribution in [2.45, 2.75) is 39.0 Å². The molecule has 0 bridgehead atoms. The van der Waals surface area contributed by atoms with Crippen molar-refractivity contribution in [1.29, 1.82) is 0 Å². The van der Waals surface area contributed by atoms with Crippen molar-refractivity contribution in [3.05, 3.63) is 30.1 Å². The molecule has 2 amide bonds. The molecule has 8 heteroatoms.